The third-order valence-electron chi connectivity index (χ3n) is 3.37. The van der Waals surface area contributed by atoms with Gasteiger partial charge in [-0.15, -0.1) is 0 Å². The Hall–Kier alpha value is -2.19. The van der Waals surface area contributed by atoms with Crippen molar-refractivity contribution >= 4 is 26.9 Å². The van der Waals surface area contributed by atoms with Gasteiger partial charge in [-0.2, -0.15) is 4.72 Å². The number of carbonyl (C=O) groups is 1. The summed E-state index contributed by atoms with van der Waals surface area (Å²) in [4.78, 5) is 15.2. The number of hydrogen-bond donors (Lipinski definition) is 2. The Morgan fingerprint density at radius 3 is 2.74 bits per heavy atom. The first-order chi connectivity index (χ1) is 10.9. The summed E-state index contributed by atoms with van der Waals surface area (Å²) >= 11 is 0. The molecule has 0 amide bonds. The smallest absolute Gasteiger partial charge is 0.321 e. The number of fused-ring (bicyclic) bond motifs is 1. The van der Waals surface area contributed by atoms with Crippen molar-refractivity contribution in [2.45, 2.75) is 30.7 Å². The van der Waals surface area contributed by atoms with Crippen LogP contribution in [0.4, 0.5) is 0 Å². The number of aliphatic carboxylic acids is 1. The monoisotopic (exact) mass is 338 g/mol. The maximum Gasteiger partial charge on any atom is 0.321 e. The number of carboxylic acids is 1. The number of hydrogen-bond acceptors (Lipinski definition) is 5. The van der Waals surface area contributed by atoms with Gasteiger partial charge in [0.15, 0.2) is 0 Å². The van der Waals surface area contributed by atoms with Crippen LogP contribution < -0.4 is 9.46 Å². The molecule has 1 heterocycles. The van der Waals surface area contributed by atoms with E-state index in [4.69, 9.17) is 9.84 Å². The standard InChI is InChI=1S/C15H18N2O5S/c1-3-5-11(15(18)19)17-23(20,21)13-8-7-12(22-2)10-6-4-9-16-14(10)13/h4,6-9,11,17H,3,5H2,1-2H3,(H,18,19). The van der Waals surface area contributed by atoms with Crippen LogP contribution in [-0.4, -0.2) is 37.6 Å². The van der Waals surface area contributed by atoms with Crippen molar-refractivity contribution in [3.8, 4) is 5.75 Å². The normalized spacial score (nSPS) is 13.0. The average molecular weight is 338 g/mol. The van der Waals surface area contributed by atoms with Crippen molar-refractivity contribution in [2.75, 3.05) is 7.11 Å². The minimum atomic E-state index is -4.03. The molecule has 124 valence electrons. The van der Waals surface area contributed by atoms with Gasteiger partial charge in [0.2, 0.25) is 10.0 Å². The van der Waals surface area contributed by atoms with Gasteiger partial charge in [0.25, 0.3) is 0 Å². The molecule has 23 heavy (non-hydrogen) atoms. The fourth-order valence-electron chi connectivity index (χ4n) is 2.29. The number of nitrogens with one attached hydrogen (secondary N) is 1. The zero-order valence-electron chi connectivity index (χ0n) is 12.8. The van der Waals surface area contributed by atoms with Gasteiger partial charge in [0.1, 0.15) is 16.7 Å². The van der Waals surface area contributed by atoms with Gasteiger partial charge in [-0.1, -0.05) is 13.3 Å². The van der Waals surface area contributed by atoms with E-state index in [9.17, 15) is 13.2 Å². The highest BCUT2D eigenvalue weighted by atomic mass is 32.2. The molecule has 1 aromatic heterocycles. The Morgan fingerprint density at radius 1 is 1.39 bits per heavy atom. The average Bonchev–Trinajstić information content (AvgIpc) is 2.53. The Labute approximate surface area is 134 Å². The predicted octanol–water partition coefficient (Wildman–Crippen LogP) is 1.77. The van der Waals surface area contributed by atoms with E-state index in [-0.39, 0.29) is 16.8 Å². The summed E-state index contributed by atoms with van der Waals surface area (Å²) in [5.41, 5.74) is 0.236. The fourth-order valence-corrected chi connectivity index (χ4v) is 3.67. The summed E-state index contributed by atoms with van der Waals surface area (Å²) in [5, 5.41) is 9.69. The van der Waals surface area contributed by atoms with Crippen LogP contribution in [0.1, 0.15) is 19.8 Å². The van der Waals surface area contributed by atoms with Crippen LogP contribution >= 0.6 is 0 Å². The molecule has 0 spiro atoms. The van der Waals surface area contributed by atoms with Gasteiger partial charge in [0.05, 0.1) is 12.6 Å². The lowest BCUT2D eigenvalue weighted by Gasteiger charge is -2.15. The van der Waals surface area contributed by atoms with Gasteiger partial charge in [-0.3, -0.25) is 9.78 Å². The number of methoxy groups -OCH3 is 1. The molecule has 0 aliphatic heterocycles. The summed E-state index contributed by atoms with van der Waals surface area (Å²) in [6.07, 6.45) is 2.22. The van der Waals surface area contributed by atoms with E-state index in [0.29, 0.717) is 17.6 Å². The molecule has 1 atom stereocenters. The molecule has 0 radical (unpaired) electrons. The zero-order valence-corrected chi connectivity index (χ0v) is 13.6. The minimum Gasteiger partial charge on any atom is -0.496 e. The number of aromatic nitrogens is 1. The molecule has 0 saturated carbocycles. The Balaban J connectivity index is 2.52. The Bertz CT molecular complexity index is 820. The largest absolute Gasteiger partial charge is 0.496 e. The van der Waals surface area contributed by atoms with Crippen LogP contribution in [0, 0.1) is 0 Å². The van der Waals surface area contributed by atoms with Gasteiger partial charge in [-0.05, 0) is 30.7 Å². The molecular formula is C15H18N2O5S. The second kappa shape index (κ2) is 6.93. The van der Waals surface area contributed by atoms with Crippen LogP contribution in [0.3, 0.4) is 0 Å². The maximum absolute atomic E-state index is 12.6. The molecule has 1 aromatic carbocycles. The molecule has 0 saturated heterocycles. The van der Waals surface area contributed by atoms with Gasteiger partial charge in [0, 0.05) is 11.6 Å². The van der Waals surface area contributed by atoms with Crippen LogP contribution in [0.5, 0.6) is 5.75 Å². The van der Waals surface area contributed by atoms with Crippen molar-refractivity contribution in [2.24, 2.45) is 0 Å². The van der Waals surface area contributed by atoms with E-state index in [1.54, 1.807) is 19.1 Å². The molecule has 0 aliphatic carbocycles. The topological polar surface area (TPSA) is 106 Å². The fraction of sp³-hybridized carbons (Fsp3) is 0.333. The lowest BCUT2D eigenvalue weighted by molar-refractivity contribution is -0.139. The number of benzene rings is 1. The maximum atomic E-state index is 12.6. The van der Waals surface area contributed by atoms with Crippen LogP contribution in [0.2, 0.25) is 0 Å². The first-order valence-corrected chi connectivity index (χ1v) is 8.56. The SMILES string of the molecule is CCCC(NS(=O)(=O)c1ccc(OC)c2cccnc12)C(=O)O. The quantitative estimate of drug-likeness (QED) is 0.797. The number of rotatable bonds is 7. The molecule has 2 rings (SSSR count). The van der Waals surface area contributed by atoms with E-state index in [1.807, 2.05) is 0 Å². The first kappa shape index (κ1) is 17.2. The van der Waals surface area contributed by atoms with Crippen molar-refractivity contribution in [3.63, 3.8) is 0 Å². The van der Waals surface area contributed by atoms with Gasteiger partial charge in [-0.25, -0.2) is 8.42 Å². The van der Waals surface area contributed by atoms with Gasteiger partial charge < -0.3 is 9.84 Å². The number of sulfonamides is 1. The number of nitrogens with zero attached hydrogens (tertiary/aromatic N) is 1. The Morgan fingerprint density at radius 2 is 2.13 bits per heavy atom. The molecule has 1 unspecified atom stereocenters. The molecular weight excluding hydrogens is 320 g/mol. The molecule has 0 aliphatic rings. The first-order valence-electron chi connectivity index (χ1n) is 7.07. The van der Waals surface area contributed by atoms with E-state index in [2.05, 4.69) is 9.71 Å². The third-order valence-corrected chi connectivity index (χ3v) is 4.88. The van der Waals surface area contributed by atoms with Crippen LogP contribution in [0.25, 0.3) is 10.9 Å². The second-order valence-electron chi connectivity index (χ2n) is 4.97. The molecule has 8 heteroatoms. The number of carboxylic acid groups (broad SMARTS) is 1. The highest BCUT2D eigenvalue weighted by Crippen LogP contribution is 2.29. The summed E-state index contributed by atoms with van der Waals surface area (Å²) in [6, 6.07) is 5.08. The van der Waals surface area contributed by atoms with Crippen LogP contribution in [-0.2, 0) is 14.8 Å². The molecule has 2 aromatic rings. The van der Waals surface area contributed by atoms with E-state index < -0.39 is 22.0 Å². The summed E-state index contributed by atoms with van der Waals surface area (Å²) < 4.78 is 32.6. The predicted molar refractivity (Wildman–Crippen MR) is 84.9 cm³/mol. The van der Waals surface area contributed by atoms with Crippen molar-refractivity contribution in [1.82, 2.24) is 9.71 Å². The second-order valence-corrected chi connectivity index (χ2v) is 6.65. The van der Waals surface area contributed by atoms with Crippen molar-refractivity contribution in [3.05, 3.63) is 30.5 Å². The lowest BCUT2D eigenvalue weighted by atomic mass is 10.2. The lowest BCUT2D eigenvalue weighted by Crippen LogP contribution is -2.40. The molecule has 7 nitrogen and oxygen atoms in total. The minimum absolute atomic E-state index is 0.0729. The van der Waals surface area contributed by atoms with Gasteiger partial charge >= 0.3 is 5.97 Å². The highest BCUT2D eigenvalue weighted by molar-refractivity contribution is 7.89. The Kier molecular flexibility index (Phi) is 5.17. The molecule has 0 fully saturated rings. The van der Waals surface area contributed by atoms with E-state index in [0.717, 1.165) is 0 Å². The summed E-state index contributed by atoms with van der Waals surface area (Å²) in [6.45, 7) is 1.79. The number of pyridine rings is 1. The van der Waals surface area contributed by atoms with E-state index in [1.165, 1.54) is 25.4 Å². The third kappa shape index (κ3) is 3.59. The van der Waals surface area contributed by atoms with Crippen molar-refractivity contribution < 1.29 is 23.1 Å². The molecule has 2 N–H and O–H groups in total. The molecule has 0 bridgehead atoms. The zero-order chi connectivity index (χ0) is 17.0. The van der Waals surface area contributed by atoms with Crippen molar-refractivity contribution in [1.29, 1.82) is 0 Å². The van der Waals surface area contributed by atoms with Crippen LogP contribution in [0.15, 0.2) is 35.4 Å². The summed E-state index contributed by atoms with van der Waals surface area (Å²) in [5.74, 6) is -0.711. The highest BCUT2D eigenvalue weighted by Gasteiger charge is 2.27. The number of ether oxygens (including phenoxy) is 1. The van der Waals surface area contributed by atoms with E-state index >= 15 is 0 Å². The summed E-state index contributed by atoms with van der Waals surface area (Å²) in [7, 11) is -2.55.